The summed E-state index contributed by atoms with van der Waals surface area (Å²) in [5.74, 6) is 0.438. The zero-order valence-electron chi connectivity index (χ0n) is 13.1. The molecule has 1 amide bonds. The second-order valence-electron chi connectivity index (χ2n) is 5.92. The molecular formula is C19H17BrN2O2. The molecule has 0 atom stereocenters. The third kappa shape index (κ3) is 3.60. The van der Waals surface area contributed by atoms with Crippen molar-refractivity contribution in [3.8, 4) is 11.8 Å². The van der Waals surface area contributed by atoms with Gasteiger partial charge in [0.25, 0.3) is 5.91 Å². The van der Waals surface area contributed by atoms with E-state index in [2.05, 4.69) is 27.3 Å². The molecule has 0 aliphatic heterocycles. The summed E-state index contributed by atoms with van der Waals surface area (Å²) >= 11 is 3.49. The predicted octanol–water partition coefficient (Wildman–Crippen LogP) is 3.90. The Morgan fingerprint density at radius 3 is 2.58 bits per heavy atom. The van der Waals surface area contributed by atoms with Gasteiger partial charge in [0.1, 0.15) is 5.75 Å². The quantitative estimate of drug-likeness (QED) is 0.849. The number of benzene rings is 2. The van der Waals surface area contributed by atoms with Crippen LogP contribution in [0.4, 0.5) is 0 Å². The first-order valence-corrected chi connectivity index (χ1v) is 8.61. The first-order valence-electron chi connectivity index (χ1n) is 7.81. The first kappa shape index (κ1) is 16.5. The highest BCUT2D eigenvalue weighted by Gasteiger charge is 2.40. The number of carbonyl (C=O) groups is 1. The minimum atomic E-state index is -0.283. The lowest BCUT2D eigenvalue weighted by Gasteiger charge is -2.43. The van der Waals surface area contributed by atoms with E-state index in [0.29, 0.717) is 11.3 Å². The number of halogens is 1. The fourth-order valence-electron chi connectivity index (χ4n) is 2.88. The molecule has 1 aliphatic rings. The Balaban J connectivity index is 1.62. The van der Waals surface area contributed by atoms with Crippen molar-refractivity contribution < 1.29 is 9.53 Å². The fraction of sp³-hybridized carbons (Fsp3) is 0.263. The number of nitrogens with zero attached hydrogens (tertiary/aromatic N) is 1. The molecule has 3 rings (SSSR count). The van der Waals surface area contributed by atoms with Crippen LogP contribution in [0.15, 0.2) is 53.0 Å². The highest BCUT2D eigenvalue weighted by Crippen LogP contribution is 2.41. The van der Waals surface area contributed by atoms with Crippen LogP contribution in [0, 0.1) is 11.3 Å². The van der Waals surface area contributed by atoms with Crippen molar-refractivity contribution in [2.24, 2.45) is 0 Å². The van der Waals surface area contributed by atoms with Gasteiger partial charge in [0.15, 0.2) is 6.61 Å². The van der Waals surface area contributed by atoms with E-state index in [-0.39, 0.29) is 18.1 Å². The molecule has 24 heavy (non-hydrogen) atoms. The SMILES string of the molecule is N#Cc1ccc(OCC(=O)NC2(c3cccc(Br)c3)CCC2)cc1. The van der Waals surface area contributed by atoms with Gasteiger partial charge in [-0.2, -0.15) is 5.26 Å². The number of rotatable bonds is 5. The lowest BCUT2D eigenvalue weighted by Crippen LogP contribution is -2.52. The minimum Gasteiger partial charge on any atom is -0.484 e. The molecule has 2 aromatic carbocycles. The summed E-state index contributed by atoms with van der Waals surface area (Å²) in [5.41, 5.74) is 1.40. The molecule has 1 N–H and O–H groups in total. The average molecular weight is 385 g/mol. The maximum Gasteiger partial charge on any atom is 0.258 e. The third-order valence-corrected chi connectivity index (χ3v) is 4.81. The van der Waals surface area contributed by atoms with Crippen molar-refractivity contribution in [2.75, 3.05) is 6.61 Å². The zero-order valence-corrected chi connectivity index (χ0v) is 14.7. The van der Waals surface area contributed by atoms with Gasteiger partial charge in [0.2, 0.25) is 0 Å². The molecule has 0 heterocycles. The Hall–Kier alpha value is -2.32. The predicted molar refractivity (Wildman–Crippen MR) is 94.5 cm³/mol. The number of nitriles is 1. The van der Waals surface area contributed by atoms with Gasteiger partial charge in [-0.05, 0) is 61.2 Å². The Morgan fingerprint density at radius 1 is 1.25 bits per heavy atom. The molecule has 0 saturated heterocycles. The van der Waals surface area contributed by atoms with Gasteiger partial charge in [-0.15, -0.1) is 0 Å². The maximum absolute atomic E-state index is 12.3. The summed E-state index contributed by atoms with van der Waals surface area (Å²) in [7, 11) is 0. The molecule has 2 aromatic rings. The van der Waals surface area contributed by atoms with Gasteiger partial charge in [0, 0.05) is 4.47 Å². The van der Waals surface area contributed by atoms with Crippen molar-refractivity contribution in [3.63, 3.8) is 0 Å². The van der Waals surface area contributed by atoms with E-state index in [0.717, 1.165) is 29.3 Å². The summed E-state index contributed by atoms with van der Waals surface area (Å²) in [6.45, 7) is -0.0400. The normalized spacial score (nSPS) is 15.0. The zero-order chi connectivity index (χ0) is 17.0. The molecule has 0 unspecified atom stereocenters. The average Bonchev–Trinajstić information content (AvgIpc) is 2.56. The number of nitrogens with one attached hydrogen (secondary N) is 1. The fourth-order valence-corrected chi connectivity index (χ4v) is 3.28. The van der Waals surface area contributed by atoms with Crippen LogP contribution in [0.5, 0.6) is 5.75 Å². The van der Waals surface area contributed by atoms with Crippen molar-refractivity contribution in [2.45, 2.75) is 24.8 Å². The van der Waals surface area contributed by atoms with Crippen LogP contribution in [-0.4, -0.2) is 12.5 Å². The molecular weight excluding hydrogens is 368 g/mol. The number of hydrogen-bond acceptors (Lipinski definition) is 3. The van der Waals surface area contributed by atoms with Gasteiger partial charge < -0.3 is 10.1 Å². The van der Waals surface area contributed by atoms with Gasteiger partial charge in [-0.1, -0.05) is 28.1 Å². The molecule has 0 spiro atoms. The van der Waals surface area contributed by atoms with Crippen LogP contribution in [0.2, 0.25) is 0 Å². The van der Waals surface area contributed by atoms with Gasteiger partial charge in [-0.25, -0.2) is 0 Å². The molecule has 5 heteroatoms. The summed E-state index contributed by atoms with van der Waals surface area (Å²) in [6, 6.07) is 16.8. The Kier molecular flexibility index (Phi) is 4.86. The summed E-state index contributed by atoms with van der Waals surface area (Å²) < 4.78 is 6.52. The molecule has 0 radical (unpaired) electrons. The van der Waals surface area contributed by atoms with Crippen LogP contribution in [-0.2, 0) is 10.3 Å². The van der Waals surface area contributed by atoms with Crippen molar-refractivity contribution in [1.29, 1.82) is 5.26 Å². The Labute approximate surface area is 149 Å². The van der Waals surface area contributed by atoms with Crippen LogP contribution < -0.4 is 10.1 Å². The van der Waals surface area contributed by atoms with Crippen LogP contribution in [0.25, 0.3) is 0 Å². The summed E-state index contributed by atoms with van der Waals surface area (Å²) in [4.78, 5) is 12.3. The smallest absolute Gasteiger partial charge is 0.258 e. The van der Waals surface area contributed by atoms with E-state index in [4.69, 9.17) is 10.00 Å². The largest absolute Gasteiger partial charge is 0.484 e. The van der Waals surface area contributed by atoms with E-state index < -0.39 is 0 Å². The molecule has 1 saturated carbocycles. The van der Waals surface area contributed by atoms with Crippen LogP contribution in [0.3, 0.4) is 0 Å². The van der Waals surface area contributed by atoms with E-state index in [1.807, 2.05) is 24.3 Å². The standard InChI is InChI=1S/C19H17BrN2O2/c20-16-4-1-3-15(11-16)19(9-2-10-19)22-18(23)13-24-17-7-5-14(12-21)6-8-17/h1,3-8,11H,2,9-10,13H2,(H,22,23). The second kappa shape index (κ2) is 7.06. The van der Waals surface area contributed by atoms with E-state index >= 15 is 0 Å². The number of carbonyl (C=O) groups excluding carboxylic acids is 1. The third-order valence-electron chi connectivity index (χ3n) is 4.32. The summed E-state index contributed by atoms with van der Waals surface area (Å²) in [6.07, 6.45) is 2.97. The monoisotopic (exact) mass is 384 g/mol. The highest BCUT2D eigenvalue weighted by molar-refractivity contribution is 9.10. The Morgan fingerprint density at radius 2 is 2.00 bits per heavy atom. The minimum absolute atomic E-state index is 0.0400. The second-order valence-corrected chi connectivity index (χ2v) is 6.83. The molecule has 1 aliphatic carbocycles. The van der Waals surface area contributed by atoms with Gasteiger partial charge in [0.05, 0.1) is 17.2 Å². The molecule has 122 valence electrons. The van der Waals surface area contributed by atoms with Crippen molar-refractivity contribution in [3.05, 3.63) is 64.1 Å². The lowest BCUT2D eigenvalue weighted by molar-refractivity contribution is -0.126. The van der Waals surface area contributed by atoms with Crippen LogP contribution >= 0.6 is 15.9 Å². The first-order chi connectivity index (χ1) is 11.6. The topological polar surface area (TPSA) is 62.1 Å². The van der Waals surface area contributed by atoms with Crippen molar-refractivity contribution in [1.82, 2.24) is 5.32 Å². The lowest BCUT2D eigenvalue weighted by atomic mass is 9.72. The summed E-state index contributed by atoms with van der Waals surface area (Å²) in [5, 5.41) is 11.9. The Bertz CT molecular complexity index is 777. The van der Waals surface area contributed by atoms with Gasteiger partial charge >= 0.3 is 0 Å². The molecule has 1 fully saturated rings. The number of amides is 1. The maximum atomic E-state index is 12.3. The molecule has 0 bridgehead atoms. The number of hydrogen-bond donors (Lipinski definition) is 1. The van der Waals surface area contributed by atoms with E-state index in [9.17, 15) is 4.79 Å². The molecule has 0 aromatic heterocycles. The number of ether oxygens (including phenoxy) is 1. The highest BCUT2D eigenvalue weighted by atomic mass is 79.9. The van der Waals surface area contributed by atoms with E-state index in [1.54, 1.807) is 24.3 Å². The van der Waals surface area contributed by atoms with Crippen molar-refractivity contribution >= 4 is 21.8 Å². The van der Waals surface area contributed by atoms with Crippen LogP contribution in [0.1, 0.15) is 30.4 Å². The molecule has 4 nitrogen and oxygen atoms in total. The van der Waals surface area contributed by atoms with Gasteiger partial charge in [-0.3, -0.25) is 4.79 Å². The van der Waals surface area contributed by atoms with E-state index in [1.165, 1.54) is 0 Å².